The first kappa shape index (κ1) is 9.62. The van der Waals surface area contributed by atoms with E-state index < -0.39 is 7.60 Å². The summed E-state index contributed by atoms with van der Waals surface area (Å²) in [6, 6.07) is 0. The van der Waals surface area contributed by atoms with Gasteiger partial charge in [0.1, 0.15) is 12.0 Å². The highest BCUT2D eigenvalue weighted by Crippen LogP contribution is 2.45. The van der Waals surface area contributed by atoms with E-state index in [0.717, 1.165) is 0 Å². The smallest absolute Gasteiger partial charge is 0.337 e. The average molecular weight is 166 g/mol. The molecule has 0 amide bonds. The van der Waals surface area contributed by atoms with Crippen molar-refractivity contribution in [3.05, 3.63) is 0 Å². The van der Waals surface area contributed by atoms with E-state index >= 15 is 0 Å². The Balaban J connectivity index is 4.07. The molecule has 5 nitrogen and oxygen atoms in total. The Morgan fingerprint density at radius 1 is 1.60 bits per heavy atom. The van der Waals surface area contributed by atoms with E-state index in [9.17, 15) is 4.57 Å². The van der Waals surface area contributed by atoms with Crippen LogP contribution in [0.4, 0.5) is 0 Å². The van der Waals surface area contributed by atoms with Crippen LogP contribution in [0, 0.1) is 5.41 Å². The Bertz CT molecular complexity index is 162. The van der Waals surface area contributed by atoms with Gasteiger partial charge in [-0.05, 0) is 0 Å². The van der Waals surface area contributed by atoms with Crippen molar-refractivity contribution in [1.82, 2.24) is 0 Å². The third kappa shape index (κ3) is 2.96. The minimum absolute atomic E-state index is 0.153. The largest absolute Gasteiger partial charge is 0.387 e. The van der Waals surface area contributed by atoms with Gasteiger partial charge in [-0.25, -0.2) is 0 Å². The lowest BCUT2D eigenvalue weighted by Gasteiger charge is -2.11. The molecule has 0 aromatic rings. The molecule has 0 fully saturated rings. The van der Waals surface area contributed by atoms with Gasteiger partial charge >= 0.3 is 7.60 Å². The molecule has 0 radical (unpaired) electrons. The van der Waals surface area contributed by atoms with Crippen LogP contribution < -0.4 is 5.73 Å². The second kappa shape index (κ2) is 3.71. The molecule has 0 aliphatic rings. The monoisotopic (exact) mass is 166 g/mol. The minimum Gasteiger partial charge on any atom is -0.387 e. The van der Waals surface area contributed by atoms with Crippen molar-refractivity contribution in [2.24, 2.45) is 5.73 Å². The van der Waals surface area contributed by atoms with Crippen LogP contribution in [-0.2, 0) is 13.6 Å². The fourth-order valence-electron chi connectivity index (χ4n) is 0.412. The van der Waals surface area contributed by atoms with Gasteiger partial charge in [-0.15, -0.1) is 0 Å². The molecule has 0 saturated carbocycles. The molecule has 0 aromatic heterocycles. The number of nitrogens with two attached hydrogens (primary N) is 1. The van der Waals surface area contributed by atoms with Gasteiger partial charge < -0.3 is 14.8 Å². The zero-order chi connectivity index (χ0) is 8.20. The van der Waals surface area contributed by atoms with Crippen LogP contribution in [-0.4, -0.2) is 26.2 Å². The zero-order valence-electron chi connectivity index (χ0n) is 5.96. The third-order valence-corrected chi connectivity index (χ3v) is 2.76. The molecule has 0 heterocycles. The van der Waals surface area contributed by atoms with E-state index in [1.165, 1.54) is 14.2 Å². The van der Waals surface area contributed by atoms with Crippen molar-refractivity contribution in [2.75, 3.05) is 20.4 Å². The van der Waals surface area contributed by atoms with E-state index in [-0.39, 0.29) is 12.0 Å². The summed E-state index contributed by atoms with van der Waals surface area (Å²) >= 11 is 0. The number of amidine groups is 1. The second-order valence-corrected chi connectivity index (χ2v) is 3.93. The summed E-state index contributed by atoms with van der Waals surface area (Å²) in [5.41, 5.74) is 4.98. The Hall–Kier alpha value is -0.380. The molecule has 6 heteroatoms. The quantitative estimate of drug-likeness (QED) is 0.359. The zero-order valence-corrected chi connectivity index (χ0v) is 6.85. The summed E-state index contributed by atoms with van der Waals surface area (Å²) in [7, 11) is -0.572. The third-order valence-electron chi connectivity index (χ3n) is 0.920. The lowest BCUT2D eigenvalue weighted by atomic mass is 10.7. The van der Waals surface area contributed by atoms with Crippen LogP contribution in [0.3, 0.4) is 0 Å². The summed E-state index contributed by atoms with van der Waals surface area (Å²) in [5.74, 6) is -0.202. The maximum absolute atomic E-state index is 11.1. The van der Waals surface area contributed by atoms with E-state index in [1.54, 1.807) is 0 Å². The highest BCUT2D eigenvalue weighted by molar-refractivity contribution is 7.54. The predicted octanol–water partition coefficient (Wildman–Crippen LogP) is 0.408. The summed E-state index contributed by atoms with van der Waals surface area (Å²) in [6.45, 7) is 0. The molecule has 3 N–H and O–H groups in total. The molecule has 0 unspecified atom stereocenters. The highest BCUT2D eigenvalue weighted by Gasteiger charge is 2.21. The van der Waals surface area contributed by atoms with Gasteiger partial charge in [0, 0.05) is 14.2 Å². The van der Waals surface area contributed by atoms with Crippen LogP contribution in [0.25, 0.3) is 0 Å². The van der Waals surface area contributed by atoms with E-state index in [4.69, 9.17) is 11.1 Å². The van der Waals surface area contributed by atoms with Crippen LogP contribution in [0.1, 0.15) is 0 Å². The van der Waals surface area contributed by atoms with Gasteiger partial charge in [0.25, 0.3) is 0 Å². The Morgan fingerprint density at radius 3 is 2.10 bits per heavy atom. The first-order chi connectivity index (χ1) is 4.54. The summed E-state index contributed by atoms with van der Waals surface area (Å²) in [5, 5.41) is 6.80. The molecule has 0 rings (SSSR count). The van der Waals surface area contributed by atoms with Crippen molar-refractivity contribution in [2.45, 2.75) is 0 Å². The van der Waals surface area contributed by atoms with Crippen molar-refractivity contribution in [1.29, 1.82) is 5.41 Å². The fourth-order valence-corrected chi connectivity index (χ4v) is 1.24. The van der Waals surface area contributed by atoms with Gasteiger partial charge in [-0.2, -0.15) is 0 Å². The molecule has 0 aromatic carbocycles. The molecule has 0 aliphatic carbocycles. The van der Waals surface area contributed by atoms with Gasteiger partial charge in [0.2, 0.25) is 0 Å². The molecule has 0 aliphatic heterocycles. The molecule has 0 atom stereocenters. The summed E-state index contributed by atoms with van der Waals surface area (Å²) < 4.78 is 20.1. The number of rotatable bonds is 4. The SMILES string of the molecule is COP(=O)(CC(=N)N)OC. The maximum atomic E-state index is 11.1. The number of hydrogen-bond acceptors (Lipinski definition) is 4. The molecule has 10 heavy (non-hydrogen) atoms. The number of hydrogen-bond donors (Lipinski definition) is 2. The summed E-state index contributed by atoms with van der Waals surface area (Å²) in [6.07, 6.45) is -0.153. The molecular formula is C4H11N2O3P. The van der Waals surface area contributed by atoms with Crippen molar-refractivity contribution >= 4 is 13.4 Å². The fraction of sp³-hybridized carbons (Fsp3) is 0.750. The maximum Gasteiger partial charge on any atom is 0.337 e. The molecule has 60 valence electrons. The normalized spacial score (nSPS) is 11.4. The Morgan fingerprint density at radius 2 is 2.00 bits per heavy atom. The Labute approximate surface area is 59.5 Å². The molecule has 0 spiro atoms. The van der Waals surface area contributed by atoms with Gasteiger partial charge in [-0.1, -0.05) is 0 Å². The lowest BCUT2D eigenvalue weighted by molar-refractivity contribution is 0.279. The van der Waals surface area contributed by atoms with Crippen LogP contribution in [0.15, 0.2) is 0 Å². The van der Waals surface area contributed by atoms with Crippen molar-refractivity contribution in [3.63, 3.8) is 0 Å². The van der Waals surface area contributed by atoms with Crippen molar-refractivity contribution in [3.8, 4) is 0 Å². The lowest BCUT2D eigenvalue weighted by Crippen LogP contribution is -2.16. The Kier molecular flexibility index (Phi) is 3.57. The molecular weight excluding hydrogens is 155 g/mol. The van der Waals surface area contributed by atoms with Crippen molar-refractivity contribution < 1.29 is 13.6 Å². The number of nitrogens with one attached hydrogen (secondary N) is 1. The van der Waals surface area contributed by atoms with E-state index in [2.05, 4.69) is 9.05 Å². The molecule has 0 saturated heterocycles. The second-order valence-electron chi connectivity index (χ2n) is 1.66. The van der Waals surface area contributed by atoms with Gasteiger partial charge in [0.05, 0.1) is 0 Å². The van der Waals surface area contributed by atoms with Crippen LogP contribution in [0.5, 0.6) is 0 Å². The first-order valence-electron chi connectivity index (χ1n) is 2.57. The van der Waals surface area contributed by atoms with E-state index in [0.29, 0.717) is 0 Å². The van der Waals surface area contributed by atoms with Gasteiger partial charge in [-0.3, -0.25) is 9.97 Å². The highest BCUT2D eigenvalue weighted by atomic mass is 31.2. The predicted molar refractivity (Wildman–Crippen MR) is 38.4 cm³/mol. The first-order valence-corrected chi connectivity index (χ1v) is 4.30. The van der Waals surface area contributed by atoms with Gasteiger partial charge in [0.15, 0.2) is 0 Å². The summed E-state index contributed by atoms with van der Waals surface area (Å²) in [4.78, 5) is 0. The average Bonchev–Trinajstić information content (AvgIpc) is 1.87. The minimum atomic E-state index is -3.09. The molecule has 0 bridgehead atoms. The standard InChI is InChI=1S/C4H11N2O3P/c1-8-10(7,9-2)3-4(5)6/h3H2,1-2H3,(H3,5,6). The topological polar surface area (TPSA) is 85.4 Å². The van der Waals surface area contributed by atoms with Crippen LogP contribution >= 0.6 is 7.60 Å². The van der Waals surface area contributed by atoms with E-state index in [1.807, 2.05) is 0 Å². The van der Waals surface area contributed by atoms with Crippen LogP contribution in [0.2, 0.25) is 0 Å².